The Labute approximate surface area is 116 Å². The second kappa shape index (κ2) is 5.58. The van der Waals surface area contributed by atoms with Gasteiger partial charge in [0.2, 0.25) is 0 Å². The molecule has 0 aromatic carbocycles. The topological polar surface area (TPSA) is 65.7 Å². The monoisotopic (exact) mass is 275 g/mol. The van der Waals surface area contributed by atoms with Crippen molar-refractivity contribution in [3.8, 4) is 0 Å². The van der Waals surface area contributed by atoms with E-state index in [1.165, 1.54) is 7.11 Å². The number of esters is 1. The van der Waals surface area contributed by atoms with E-state index in [1.807, 2.05) is 0 Å². The SMILES string of the molecule is COC(=O)c1ccc2nc(CC3CCOCC3)nn2c1. The molecule has 0 unspecified atom stereocenters. The van der Waals surface area contributed by atoms with Gasteiger partial charge in [-0.25, -0.2) is 14.3 Å². The van der Waals surface area contributed by atoms with Crippen molar-refractivity contribution in [2.75, 3.05) is 20.3 Å². The summed E-state index contributed by atoms with van der Waals surface area (Å²) < 4.78 is 11.7. The molecule has 1 fully saturated rings. The fourth-order valence-corrected chi connectivity index (χ4v) is 2.46. The first-order valence-corrected chi connectivity index (χ1v) is 6.77. The predicted octanol–water partition coefficient (Wildman–Crippen LogP) is 1.49. The van der Waals surface area contributed by atoms with Gasteiger partial charge >= 0.3 is 5.97 Å². The molecule has 1 aliphatic heterocycles. The van der Waals surface area contributed by atoms with Crippen molar-refractivity contribution >= 4 is 11.6 Å². The lowest BCUT2D eigenvalue weighted by Crippen LogP contribution is -2.18. The Hall–Kier alpha value is -1.95. The van der Waals surface area contributed by atoms with Crippen LogP contribution < -0.4 is 0 Å². The van der Waals surface area contributed by atoms with E-state index < -0.39 is 0 Å². The highest BCUT2D eigenvalue weighted by molar-refractivity contribution is 5.89. The molecule has 0 radical (unpaired) electrons. The lowest BCUT2D eigenvalue weighted by Gasteiger charge is -2.20. The van der Waals surface area contributed by atoms with E-state index in [-0.39, 0.29) is 5.97 Å². The summed E-state index contributed by atoms with van der Waals surface area (Å²) >= 11 is 0. The zero-order valence-electron chi connectivity index (χ0n) is 11.4. The van der Waals surface area contributed by atoms with E-state index in [4.69, 9.17) is 9.47 Å². The van der Waals surface area contributed by atoms with Crippen molar-refractivity contribution < 1.29 is 14.3 Å². The van der Waals surface area contributed by atoms with Gasteiger partial charge in [0.1, 0.15) is 0 Å². The van der Waals surface area contributed by atoms with Gasteiger partial charge in [-0.15, -0.1) is 0 Å². The molecule has 2 aromatic heterocycles. The molecule has 1 aliphatic rings. The van der Waals surface area contributed by atoms with Gasteiger partial charge in [-0.2, -0.15) is 5.10 Å². The van der Waals surface area contributed by atoms with E-state index in [0.717, 1.165) is 43.9 Å². The molecule has 106 valence electrons. The molecule has 0 saturated carbocycles. The lowest BCUT2D eigenvalue weighted by molar-refractivity contribution is 0.0599. The van der Waals surface area contributed by atoms with Gasteiger partial charge in [0.15, 0.2) is 11.5 Å². The molecule has 6 nitrogen and oxygen atoms in total. The Morgan fingerprint density at radius 1 is 1.45 bits per heavy atom. The summed E-state index contributed by atoms with van der Waals surface area (Å²) in [6, 6.07) is 3.49. The Balaban J connectivity index is 1.81. The predicted molar refractivity (Wildman–Crippen MR) is 71.6 cm³/mol. The number of methoxy groups -OCH3 is 1. The summed E-state index contributed by atoms with van der Waals surface area (Å²) in [4.78, 5) is 16.0. The van der Waals surface area contributed by atoms with Gasteiger partial charge in [-0.3, -0.25) is 0 Å². The summed E-state index contributed by atoms with van der Waals surface area (Å²) in [7, 11) is 1.37. The van der Waals surface area contributed by atoms with Crippen LogP contribution in [-0.2, 0) is 15.9 Å². The maximum Gasteiger partial charge on any atom is 0.339 e. The zero-order chi connectivity index (χ0) is 13.9. The molecule has 0 aliphatic carbocycles. The van der Waals surface area contributed by atoms with E-state index in [2.05, 4.69) is 10.1 Å². The first-order chi connectivity index (χ1) is 9.76. The van der Waals surface area contributed by atoms with Gasteiger partial charge in [-0.1, -0.05) is 0 Å². The van der Waals surface area contributed by atoms with Crippen LogP contribution in [0.5, 0.6) is 0 Å². The summed E-state index contributed by atoms with van der Waals surface area (Å²) in [6.45, 7) is 1.65. The average molecular weight is 275 g/mol. The number of aromatic nitrogens is 3. The number of hydrogen-bond donors (Lipinski definition) is 0. The zero-order valence-corrected chi connectivity index (χ0v) is 11.4. The van der Waals surface area contributed by atoms with Crippen molar-refractivity contribution in [2.24, 2.45) is 5.92 Å². The minimum Gasteiger partial charge on any atom is -0.465 e. The maximum absolute atomic E-state index is 11.5. The number of rotatable bonds is 3. The number of fused-ring (bicyclic) bond motifs is 1. The first-order valence-electron chi connectivity index (χ1n) is 6.77. The van der Waals surface area contributed by atoms with Crippen LogP contribution >= 0.6 is 0 Å². The van der Waals surface area contributed by atoms with E-state index in [9.17, 15) is 4.79 Å². The summed E-state index contributed by atoms with van der Waals surface area (Å²) in [5.74, 6) is 1.04. The number of pyridine rings is 1. The molecule has 3 rings (SSSR count). The Kier molecular flexibility index (Phi) is 3.64. The Bertz CT molecular complexity index is 617. The molecule has 1 saturated heterocycles. The van der Waals surface area contributed by atoms with Crippen LogP contribution in [0, 0.1) is 5.92 Å². The van der Waals surface area contributed by atoms with Crippen LogP contribution in [0.2, 0.25) is 0 Å². The highest BCUT2D eigenvalue weighted by Crippen LogP contribution is 2.19. The van der Waals surface area contributed by atoms with Crippen molar-refractivity contribution in [3.05, 3.63) is 29.7 Å². The van der Waals surface area contributed by atoms with E-state index in [1.54, 1.807) is 22.8 Å². The fraction of sp³-hybridized carbons (Fsp3) is 0.500. The smallest absolute Gasteiger partial charge is 0.339 e. The van der Waals surface area contributed by atoms with Crippen molar-refractivity contribution in [1.29, 1.82) is 0 Å². The largest absolute Gasteiger partial charge is 0.465 e. The average Bonchev–Trinajstić information content (AvgIpc) is 2.88. The van der Waals surface area contributed by atoms with Crippen LogP contribution in [0.3, 0.4) is 0 Å². The highest BCUT2D eigenvalue weighted by Gasteiger charge is 2.17. The maximum atomic E-state index is 11.5. The van der Waals surface area contributed by atoms with E-state index in [0.29, 0.717) is 11.5 Å². The van der Waals surface area contributed by atoms with Crippen molar-refractivity contribution in [3.63, 3.8) is 0 Å². The van der Waals surface area contributed by atoms with Crippen LogP contribution in [-0.4, -0.2) is 40.9 Å². The van der Waals surface area contributed by atoms with Crippen LogP contribution in [0.1, 0.15) is 29.0 Å². The van der Waals surface area contributed by atoms with Gasteiger partial charge in [0.25, 0.3) is 0 Å². The normalized spacial score (nSPS) is 16.4. The summed E-state index contributed by atoms with van der Waals surface area (Å²) in [5.41, 5.74) is 1.22. The number of carbonyl (C=O) groups excluding carboxylic acids is 1. The number of ether oxygens (including phenoxy) is 2. The first kappa shape index (κ1) is 13.1. The second-order valence-corrected chi connectivity index (χ2v) is 5.00. The molecule has 0 atom stereocenters. The van der Waals surface area contributed by atoms with Crippen LogP contribution in [0.4, 0.5) is 0 Å². The molecule has 3 heterocycles. The lowest BCUT2D eigenvalue weighted by atomic mass is 9.96. The molecule has 0 N–H and O–H groups in total. The highest BCUT2D eigenvalue weighted by atomic mass is 16.5. The summed E-state index contributed by atoms with van der Waals surface area (Å²) in [6.07, 6.45) is 4.63. The minimum absolute atomic E-state index is 0.367. The van der Waals surface area contributed by atoms with Gasteiger partial charge in [-0.05, 0) is 30.9 Å². The molecule has 0 spiro atoms. The third kappa shape index (κ3) is 2.65. The van der Waals surface area contributed by atoms with Crippen molar-refractivity contribution in [2.45, 2.75) is 19.3 Å². The molecule has 6 heteroatoms. The molecule has 20 heavy (non-hydrogen) atoms. The van der Waals surface area contributed by atoms with Gasteiger partial charge in [0, 0.05) is 25.8 Å². The standard InChI is InChI=1S/C14H17N3O3/c1-19-14(18)11-2-3-13-15-12(16-17(13)9-11)8-10-4-6-20-7-5-10/h2-3,9-10H,4-8H2,1H3. The van der Waals surface area contributed by atoms with E-state index >= 15 is 0 Å². The fourth-order valence-electron chi connectivity index (χ4n) is 2.46. The van der Waals surface area contributed by atoms with Gasteiger partial charge in [0.05, 0.1) is 12.7 Å². The number of hydrogen-bond acceptors (Lipinski definition) is 5. The quantitative estimate of drug-likeness (QED) is 0.794. The van der Waals surface area contributed by atoms with Gasteiger partial charge < -0.3 is 9.47 Å². The Morgan fingerprint density at radius 2 is 2.25 bits per heavy atom. The summed E-state index contributed by atoms with van der Waals surface area (Å²) in [5, 5.41) is 4.44. The van der Waals surface area contributed by atoms with Crippen molar-refractivity contribution in [1.82, 2.24) is 14.6 Å². The second-order valence-electron chi connectivity index (χ2n) is 5.00. The third-order valence-electron chi connectivity index (χ3n) is 3.61. The Morgan fingerprint density at radius 3 is 3.00 bits per heavy atom. The molecule has 2 aromatic rings. The number of carbonyl (C=O) groups is 1. The molecular weight excluding hydrogens is 258 g/mol. The minimum atomic E-state index is -0.367. The molecule has 0 bridgehead atoms. The molecule has 0 amide bonds. The molecular formula is C14H17N3O3. The van der Waals surface area contributed by atoms with Crippen LogP contribution in [0.15, 0.2) is 18.3 Å². The third-order valence-corrected chi connectivity index (χ3v) is 3.61. The van der Waals surface area contributed by atoms with Crippen LogP contribution in [0.25, 0.3) is 5.65 Å². The number of nitrogens with zero attached hydrogens (tertiary/aromatic N) is 3.